The number of hydrogen-bond acceptors (Lipinski definition) is 6. The first-order valence-corrected chi connectivity index (χ1v) is 10.8. The Morgan fingerprint density at radius 1 is 0.871 bits per heavy atom. The predicted molar refractivity (Wildman–Crippen MR) is 121 cm³/mol. The summed E-state index contributed by atoms with van der Waals surface area (Å²) in [6.07, 6.45) is 5.29. The quantitative estimate of drug-likeness (QED) is 0.331. The zero-order valence-corrected chi connectivity index (χ0v) is 17.7. The van der Waals surface area contributed by atoms with Gasteiger partial charge in [0.05, 0.1) is 17.6 Å². The number of rotatable bonds is 6. The zero-order valence-electron chi connectivity index (χ0n) is 16.8. The third kappa shape index (κ3) is 4.00. The number of pyridine rings is 1. The Morgan fingerprint density at radius 3 is 2.45 bits per heavy atom. The summed E-state index contributed by atoms with van der Waals surface area (Å²) in [5.74, 6) is 2.73. The molecule has 0 spiro atoms. The summed E-state index contributed by atoms with van der Waals surface area (Å²) < 4.78 is 8.03. The molecule has 0 saturated heterocycles. The van der Waals surface area contributed by atoms with Gasteiger partial charge in [0.2, 0.25) is 5.89 Å². The summed E-state index contributed by atoms with van der Waals surface area (Å²) in [5, 5.41) is 9.74. The molecule has 6 nitrogen and oxygen atoms in total. The summed E-state index contributed by atoms with van der Waals surface area (Å²) in [4.78, 5) is 8.56. The van der Waals surface area contributed by atoms with E-state index in [1.54, 1.807) is 30.4 Å². The van der Waals surface area contributed by atoms with Crippen LogP contribution in [0.15, 0.2) is 94.9 Å². The maximum absolute atomic E-state index is 5.95. The zero-order chi connectivity index (χ0) is 21.0. The standard InChI is InChI=1S/C24H19N5OS/c1-17-7-5-6-10-20(17)29-23(19-11-13-25-14-12-19)27-28-24(29)31-16-22-26-15-21(30-22)18-8-3-2-4-9-18/h2-15H,16H2,1H3. The SMILES string of the molecule is Cc1ccccc1-n1c(SCc2ncc(-c3ccccc3)o2)nnc1-c1ccncc1. The van der Waals surface area contributed by atoms with Crippen LogP contribution in [0.25, 0.3) is 28.4 Å². The molecule has 0 aliphatic rings. The second-order valence-corrected chi connectivity index (χ2v) is 7.88. The fraction of sp³-hybridized carbons (Fsp3) is 0.0833. The van der Waals surface area contributed by atoms with Crippen molar-refractivity contribution in [2.24, 2.45) is 0 Å². The van der Waals surface area contributed by atoms with Gasteiger partial charge in [-0.05, 0) is 30.7 Å². The fourth-order valence-electron chi connectivity index (χ4n) is 3.32. The monoisotopic (exact) mass is 425 g/mol. The second-order valence-electron chi connectivity index (χ2n) is 6.94. The van der Waals surface area contributed by atoms with Crippen molar-refractivity contribution in [1.29, 1.82) is 0 Å². The Kier molecular flexibility index (Phi) is 5.33. The topological polar surface area (TPSA) is 69.6 Å². The van der Waals surface area contributed by atoms with Crippen LogP contribution >= 0.6 is 11.8 Å². The molecule has 2 aromatic carbocycles. The van der Waals surface area contributed by atoms with E-state index in [-0.39, 0.29) is 0 Å². The van der Waals surface area contributed by atoms with Crippen molar-refractivity contribution < 1.29 is 4.42 Å². The van der Waals surface area contributed by atoms with Crippen molar-refractivity contribution in [1.82, 2.24) is 24.7 Å². The van der Waals surface area contributed by atoms with E-state index in [1.165, 1.54) is 0 Å². The molecule has 5 aromatic rings. The van der Waals surface area contributed by atoms with Crippen molar-refractivity contribution >= 4 is 11.8 Å². The van der Waals surface area contributed by atoms with E-state index in [9.17, 15) is 0 Å². The van der Waals surface area contributed by atoms with Crippen molar-refractivity contribution in [3.8, 4) is 28.4 Å². The van der Waals surface area contributed by atoms with Gasteiger partial charge in [-0.15, -0.1) is 10.2 Å². The van der Waals surface area contributed by atoms with E-state index in [0.717, 1.165) is 39.1 Å². The lowest BCUT2D eigenvalue weighted by molar-refractivity contribution is 0.529. The van der Waals surface area contributed by atoms with Gasteiger partial charge in [-0.2, -0.15) is 0 Å². The molecular formula is C24H19N5OS. The number of thioether (sulfide) groups is 1. The summed E-state index contributed by atoms with van der Waals surface area (Å²) in [6.45, 7) is 2.08. The molecule has 5 rings (SSSR count). The van der Waals surface area contributed by atoms with Crippen molar-refractivity contribution in [3.63, 3.8) is 0 Å². The molecule has 0 bridgehead atoms. The first-order chi connectivity index (χ1) is 15.3. The summed E-state index contributed by atoms with van der Waals surface area (Å²) in [5.41, 5.74) is 4.15. The van der Waals surface area contributed by atoms with E-state index < -0.39 is 0 Å². The highest BCUT2D eigenvalue weighted by molar-refractivity contribution is 7.98. The number of nitrogens with zero attached hydrogens (tertiary/aromatic N) is 5. The van der Waals surface area contributed by atoms with Crippen LogP contribution in [-0.4, -0.2) is 24.7 Å². The molecule has 31 heavy (non-hydrogen) atoms. The van der Waals surface area contributed by atoms with Crippen molar-refractivity contribution in [3.05, 3.63) is 96.8 Å². The molecule has 0 amide bonds. The molecular weight excluding hydrogens is 406 g/mol. The minimum atomic E-state index is 0.549. The minimum Gasteiger partial charge on any atom is -0.440 e. The highest BCUT2D eigenvalue weighted by atomic mass is 32.2. The molecule has 0 atom stereocenters. The molecule has 7 heteroatoms. The molecule has 0 aliphatic carbocycles. The number of oxazole rings is 1. The fourth-order valence-corrected chi connectivity index (χ4v) is 4.12. The predicted octanol–water partition coefficient (Wildman–Crippen LogP) is 5.59. The van der Waals surface area contributed by atoms with E-state index >= 15 is 0 Å². The highest BCUT2D eigenvalue weighted by Gasteiger charge is 2.18. The molecule has 3 heterocycles. The summed E-state index contributed by atoms with van der Waals surface area (Å²) >= 11 is 1.55. The van der Waals surface area contributed by atoms with E-state index in [1.807, 2.05) is 54.6 Å². The highest BCUT2D eigenvalue weighted by Crippen LogP contribution is 2.31. The van der Waals surface area contributed by atoms with E-state index in [2.05, 4.69) is 43.8 Å². The molecule has 0 radical (unpaired) electrons. The summed E-state index contributed by atoms with van der Waals surface area (Å²) in [6, 6.07) is 22.0. The van der Waals surface area contributed by atoms with Crippen LogP contribution in [0.3, 0.4) is 0 Å². The Balaban J connectivity index is 1.47. The van der Waals surface area contributed by atoms with Crippen LogP contribution in [-0.2, 0) is 5.75 Å². The number of aryl methyl sites for hydroxylation is 1. The maximum atomic E-state index is 5.95. The second kappa shape index (κ2) is 8.57. The molecule has 0 N–H and O–H groups in total. The molecule has 0 saturated carbocycles. The van der Waals surface area contributed by atoms with Crippen LogP contribution in [0.2, 0.25) is 0 Å². The van der Waals surface area contributed by atoms with Gasteiger partial charge in [0.1, 0.15) is 0 Å². The van der Waals surface area contributed by atoms with Crippen LogP contribution in [0, 0.1) is 6.92 Å². The van der Waals surface area contributed by atoms with Crippen LogP contribution in [0.1, 0.15) is 11.5 Å². The number of aromatic nitrogens is 5. The third-order valence-corrected chi connectivity index (χ3v) is 5.78. The average molecular weight is 426 g/mol. The summed E-state index contributed by atoms with van der Waals surface area (Å²) in [7, 11) is 0. The van der Waals surface area contributed by atoms with Crippen LogP contribution < -0.4 is 0 Å². The van der Waals surface area contributed by atoms with Gasteiger partial charge in [0.15, 0.2) is 16.7 Å². The smallest absolute Gasteiger partial charge is 0.205 e. The lowest BCUT2D eigenvalue weighted by atomic mass is 10.2. The van der Waals surface area contributed by atoms with E-state index in [0.29, 0.717) is 11.6 Å². The van der Waals surface area contributed by atoms with Crippen LogP contribution in [0.5, 0.6) is 0 Å². The van der Waals surface area contributed by atoms with Gasteiger partial charge < -0.3 is 4.42 Å². The van der Waals surface area contributed by atoms with Crippen LogP contribution in [0.4, 0.5) is 0 Å². The largest absolute Gasteiger partial charge is 0.440 e. The maximum Gasteiger partial charge on any atom is 0.205 e. The van der Waals surface area contributed by atoms with Crippen molar-refractivity contribution in [2.75, 3.05) is 0 Å². The van der Waals surface area contributed by atoms with Gasteiger partial charge in [-0.3, -0.25) is 9.55 Å². The van der Waals surface area contributed by atoms with Gasteiger partial charge >= 0.3 is 0 Å². The van der Waals surface area contributed by atoms with Gasteiger partial charge in [-0.25, -0.2) is 4.98 Å². The molecule has 0 fully saturated rings. The Bertz CT molecular complexity index is 1300. The first kappa shape index (κ1) is 19.3. The minimum absolute atomic E-state index is 0.549. The molecule has 0 unspecified atom stereocenters. The Hall–Kier alpha value is -3.71. The lowest BCUT2D eigenvalue weighted by Crippen LogP contribution is -2.02. The normalized spacial score (nSPS) is 11.0. The number of para-hydroxylation sites is 1. The molecule has 152 valence electrons. The number of hydrogen-bond donors (Lipinski definition) is 0. The Labute approximate surface area is 184 Å². The van der Waals surface area contributed by atoms with Gasteiger partial charge in [-0.1, -0.05) is 60.3 Å². The van der Waals surface area contributed by atoms with E-state index in [4.69, 9.17) is 4.42 Å². The lowest BCUT2D eigenvalue weighted by Gasteiger charge is -2.12. The molecule has 3 aromatic heterocycles. The third-order valence-electron chi connectivity index (χ3n) is 4.86. The van der Waals surface area contributed by atoms with Gasteiger partial charge in [0.25, 0.3) is 0 Å². The first-order valence-electron chi connectivity index (χ1n) is 9.84. The molecule has 0 aliphatic heterocycles. The average Bonchev–Trinajstić information content (AvgIpc) is 3.46. The van der Waals surface area contributed by atoms with Gasteiger partial charge in [0, 0.05) is 23.5 Å². The Morgan fingerprint density at radius 2 is 1.65 bits per heavy atom. The van der Waals surface area contributed by atoms with Crippen molar-refractivity contribution in [2.45, 2.75) is 17.8 Å². The number of benzene rings is 2.